The number of aryl methyl sites for hydroxylation is 2. The predicted octanol–water partition coefficient (Wildman–Crippen LogP) is 4.80. The topological polar surface area (TPSA) is 70.1 Å². The van der Waals surface area contributed by atoms with Crippen LogP contribution in [0.15, 0.2) is 41.7 Å². The molecule has 0 radical (unpaired) electrons. The molecule has 1 aliphatic carbocycles. The Balaban J connectivity index is 1.33. The highest BCUT2D eigenvalue weighted by Gasteiger charge is 2.30. The Morgan fingerprint density at radius 2 is 2.00 bits per heavy atom. The Labute approximate surface area is 183 Å². The van der Waals surface area contributed by atoms with Crippen LogP contribution >= 0.6 is 23.4 Å². The van der Waals surface area contributed by atoms with E-state index in [2.05, 4.69) is 37.7 Å². The minimum atomic E-state index is 0.338. The summed E-state index contributed by atoms with van der Waals surface area (Å²) in [6.07, 6.45) is 4.33. The summed E-state index contributed by atoms with van der Waals surface area (Å²) >= 11 is 7.84. The van der Waals surface area contributed by atoms with E-state index in [9.17, 15) is 0 Å². The fraction of sp³-hybridized carbons (Fsp3) is 0.333. The molecule has 0 saturated heterocycles. The van der Waals surface area contributed by atoms with E-state index >= 15 is 0 Å². The fourth-order valence-corrected chi connectivity index (χ4v) is 4.53. The van der Waals surface area contributed by atoms with Gasteiger partial charge in [-0.25, -0.2) is 9.97 Å². The zero-order valence-corrected chi connectivity index (χ0v) is 18.3. The number of hydrogen-bond donors (Lipinski definition) is 0. The van der Waals surface area contributed by atoms with E-state index in [4.69, 9.17) is 16.3 Å². The maximum Gasteiger partial charge on any atom is 0.234 e. The van der Waals surface area contributed by atoms with Gasteiger partial charge in [0.1, 0.15) is 12.4 Å². The van der Waals surface area contributed by atoms with Crippen molar-refractivity contribution in [3.05, 3.63) is 64.5 Å². The second-order valence-corrected chi connectivity index (χ2v) is 8.80. The molecule has 9 heteroatoms. The van der Waals surface area contributed by atoms with E-state index in [0.29, 0.717) is 29.2 Å². The molecule has 0 N–H and O–H groups in total. The molecule has 154 valence electrons. The average Bonchev–Trinajstić information content (AvgIpc) is 3.34. The van der Waals surface area contributed by atoms with Gasteiger partial charge in [-0.15, -0.1) is 10.2 Å². The molecule has 1 saturated carbocycles. The van der Waals surface area contributed by atoms with Gasteiger partial charge < -0.3 is 4.74 Å². The third-order valence-corrected chi connectivity index (χ3v) is 6.29. The highest BCUT2D eigenvalue weighted by molar-refractivity contribution is 7.98. The van der Waals surface area contributed by atoms with Crippen molar-refractivity contribution in [3.8, 4) is 5.75 Å². The molecule has 0 aliphatic heterocycles. The van der Waals surface area contributed by atoms with Crippen LogP contribution in [0.1, 0.15) is 41.8 Å². The summed E-state index contributed by atoms with van der Waals surface area (Å²) in [5.74, 6) is 2.92. The van der Waals surface area contributed by atoms with E-state index in [1.165, 1.54) is 0 Å². The highest BCUT2D eigenvalue weighted by atomic mass is 35.5. The number of para-hydroxylation sites is 1. The quantitative estimate of drug-likeness (QED) is 0.384. The van der Waals surface area contributed by atoms with Gasteiger partial charge in [0, 0.05) is 29.4 Å². The highest BCUT2D eigenvalue weighted by Crippen LogP contribution is 2.39. The SMILES string of the molecule is Cc1cc(C)n2cc(CSc3nnc(COc4ccccc4Cl)n3C3CC3)nc2n1. The van der Waals surface area contributed by atoms with Crippen LogP contribution in [0, 0.1) is 13.8 Å². The van der Waals surface area contributed by atoms with E-state index < -0.39 is 0 Å². The number of ether oxygens (including phenoxy) is 1. The number of aromatic nitrogens is 6. The van der Waals surface area contributed by atoms with Crippen molar-refractivity contribution in [1.29, 1.82) is 0 Å². The number of rotatable bonds is 7. The number of nitrogens with zero attached hydrogens (tertiary/aromatic N) is 6. The summed E-state index contributed by atoms with van der Waals surface area (Å²) < 4.78 is 10.1. The van der Waals surface area contributed by atoms with Crippen LogP contribution in [0.4, 0.5) is 0 Å². The Bertz CT molecular complexity index is 1220. The molecule has 30 heavy (non-hydrogen) atoms. The maximum atomic E-state index is 6.20. The van der Waals surface area contributed by atoms with E-state index in [0.717, 1.165) is 46.7 Å². The first-order chi connectivity index (χ1) is 14.6. The zero-order valence-electron chi connectivity index (χ0n) is 16.7. The molecule has 0 atom stereocenters. The number of benzene rings is 1. The average molecular weight is 441 g/mol. The molecule has 1 aliphatic rings. The van der Waals surface area contributed by atoms with Crippen molar-refractivity contribution < 1.29 is 4.74 Å². The standard InChI is InChI=1S/C21H21ClN6OS/c1-13-9-14(2)27-10-15(24-20(27)23-13)12-30-21-26-25-19(28(21)16-7-8-16)11-29-18-6-4-3-5-17(18)22/h3-6,9-10,16H,7-8,11-12H2,1-2H3. The first kappa shape index (κ1) is 19.4. The van der Waals surface area contributed by atoms with Gasteiger partial charge >= 0.3 is 0 Å². The van der Waals surface area contributed by atoms with E-state index in [-0.39, 0.29) is 0 Å². The molecular weight excluding hydrogens is 420 g/mol. The van der Waals surface area contributed by atoms with Gasteiger partial charge in [0.05, 0.1) is 10.7 Å². The summed E-state index contributed by atoms with van der Waals surface area (Å²) in [6.45, 7) is 4.39. The first-order valence-corrected chi connectivity index (χ1v) is 11.2. The molecule has 0 bridgehead atoms. The van der Waals surface area contributed by atoms with Crippen molar-refractivity contribution in [2.45, 2.75) is 50.2 Å². The normalized spacial score (nSPS) is 13.8. The van der Waals surface area contributed by atoms with E-state index in [1.807, 2.05) is 41.8 Å². The van der Waals surface area contributed by atoms with Gasteiger partial charge in [0.15, 0.2) is 11.0 Å². The lowest BCUT2D eigenvalue weighted by Gasteiger charge is -2.10. The Morgan fingerprint density at radius 1 is 1.17 bits per heavy atom. The molecule has 3 heterocycles. The van der Waals surface area contributed by atoms with E-state index in [1.54, 1.807) is 11.8 Å². The van der Waals surface area contributed by atoms with Crippen LogP contribution in [0.5, 0.6) is 5.75 Å². The number of imidazole rings is 1. The van der Waals surface area contributed by atoms with Gasteiger partial charge in [-0.05, 0) is 44.9 Å². The summed E-state index contributed by atoms with van der Waals surface area (Å²) in [7, 11) is 0. The maximum absolute atomic E-state index is 6.20. The molecule has 1 fully saturated rings. The van der Waals surface area contributed by atoms with Crippen LogP contribution in [0.25, 0.3) is 5.78 Å². The van der Waals surface area contributed by atoms with Crippen LogP contribution in [0.2, 0.25) is 5.02 Å². The molecular formula is C21H21ClN6OS. The van der Waals surface area contributed by atoms with Gasteiger partial charge in [-0.2, -0.15) is 0 Å². The largest absolute Gasteiger partial charge is 0.484 e. The number of fused-ring (bicyclic) bond motifs is 1. The third kappa shape index (κ3) is 3.89. The summed E-state index contributed by atoms with van der Waals surface area (Å²) in [6, 6.07) is 9.96. The van der Waals surface area contributed by atoms with Crippen molar-refractivity contribution in [1.82, 2.24) is 29.1 Å². The van der Waals surface area contributed by atoms with Crippen LogP contribution in [-0.4, -0.2) is 29.1 Å². The van der Waals surface area contributed by atoms with Crippen molar-refractivity contribution in [2.75, 3.05) is 0 Å². The third-order valence-electron chi connectivity index (χ3n) is 5.00. The molecule has 1 aromatic carbocycles. The molecule has 0 spiro atoms. The Hall–Kier alpha value is -2.58. The molecule has 3 aromatic heterocycles. The van der Waals surface area contributed by atoms with Gasteiger partial charge in [-0.3, -0.25) is 8.97 Å². The lowest BCUT2D eigenvalue weighted by Crippen LogP contribution is -2.07. The van der Waals surface area contributed by atoms with Crippen LogP contribution < -0.4 is 4.74 Å². The number of halogens is 1. The summed E-state index contributed by atoms with van der Waals surface area (Å²) in [4.78, 5) is 9.18. The number of hydrogen-bond acceptors (Lipinski definition) is 6. The fourth-order valence-electron chi connectivity index (χ4n) is 3.43. The van der Waals surface area contributed by atoms with Crippen molar-refractivity contribution in [2.24, 2.45) is 0 Å². The molecule has 7 nitrogen and oxygen atoms in total. The van der Waals surface area contributed by atoms with Crippen LogP contribution in [-0.2, 0) is 12.4 Å². The predicted molar refractivity (Wildman–Crippen MR) is 116 cm³/mol. The van der Waals surface area contributed by atoms with Gasteiger partial charge in [0.2, 0.25) is 5.78 Å². The lowest BCUT2D eigenvalue weighted by atomic mass is 10.3. The zero-order chi connectivity index (χ0) is 20.7. The minimum absolute atomic E-state index is 0.338. The monoisotopic (exact) mass is 440 g/mol. The molecule has 4 aromatic rings. The van der Waals surface area contributed by atoms with Gasteiger partial charge in [-0.1, -0.05) is 35.5 Å². The smallest absolute Gasteiger partial charge is 0.234 e. The first-order valence-electron chi connectivity index (χ1n) is 9.84. The molecule has 5 rings (SSSR count). The van der Waals surface area contributed by atoms with Crippen LogP contribution in [0.3, 0.4) is 0 Å². The van der Waals surface area contributed by atoms with Gasteiger partial charge in [0.25, 0.3) is 0 Å². The summed E-state index contributed by atoms with van der Waals surface area (Å²) in [5, 5.41) is 10.3. The van der Waals surface area contributed by atoms with Crippen molar-refractivity contribution in [3.63, 3.8) is 0 Å². The number of thioether (sulfide) groups is 1. The lowest BCUT2D eigenvalue weighted by molar-refractivity contribution is 0.288. The molecule has 0 unspecified atom stereocenters. The Kier molecular flexibility index (Phi) is 5.12. The van der Waals surface area contributed by atoms with Crippen molar-refractivity contribution >= 4 is 29.1 Å². The Morgan fingerprint density at radius 3 is 2.80 bits per heavy atom. The second kappa shape index (κ2) is 7.92. The minimum Gasteiger partial charge on any atom is -0.484 e. The summed E-state index contributed by atoms with van der Waals surface area (Å²) in [5.41, 5.74) is 3.07. The molecule has 0 amide bonds. The second-order valence-electron chi connectivity index (χ2n) is 7.45.